The lowest BCUT2D eigenvalue weighted by molar-refractivity contribution is -0.171. The van der Waals surface area contributed by atoms with Crippen LogP contribution in [0.25, 0.3) is 0 Å². The fraction of sp³-hybridized carbons (Fsp3) is 0.417. The Hall–Kier alpha value is -3.48. The van der Waals surface area contributed by atoms with Crippen LogP contribution in [0.1, 0.15) is 47.7 Å². The minimum Gasteiger partial charge on any atom is -0.358 e. The van der Waals surface area contributed by atoms with E-state index < -0.39 is 35.9 Å². The molecule has 6 nitrogen and oxygen atoms in total. The van der Waals surface area contributed by atoms with Crippen LogP contribution < -0.4 is 0 Å². The molecule has 2 aliphatic rings. The Bertz CT molecular complexity index is 1130. The molecular weight excluding hydrogens is 450 g/mol. The van der Waals surface area contributed by atoms with Gasteiger partial charge in [-0.05, 0) is 48.4 Å². The molecule has 1 fully saturated rings. The fourth-order valence-electron chi connectivity index (χ4n) is 4.47. The molecule has 1 saturated heterocycles. The van der Waals surface area contributed by atoms with Gasteiger partial charge in [-0.25, -0.2) is 9.40 Å². The second-order valence-electron chi connectivity index (χ2n) is 9.07. The van der Waals surface area contributed by atoms with Gasteiger partial charge < -0.3 is 4.90 Å². The van der Waals surface area contributed by atoms with E-state index in [4.69, 9.17) is 5.26 Å². The van der Waals surface area contributed by atoms with Crippen LogP contribution in [0, 0.1) is 22.6 Å². The van der Waals surface area contributed by atoms with E-state index in [-0.39, 0.29) is 11.3 Å². The number of pyridine rings is 1. The predicted octanol–water partition coefficient (Wildman–Crippen LogP) is 4.53. The van der Waals surface area contributed by atoms with Crippen molar-refractivity contribution in [1.82, 2.24) is 14.9 Å². The molecule has 0 saturated carbocycles. The van der Waals surface area contributed by atoms with Gasteiger partial charge in [0.2, 0.25) is 0 Å². The number of alkyl halides is 3. The Morgan fingerprint density at radius 3 is 2.47 bits per heavy atom. The van der Waals surface area contributed by atoms with Crippen LogP contribution >= 0.6 is 0 Å². The number of carbonyl (C=O) groups excluding carboxylic acids is 1. The number of nitriles is 1. The molecule has 1 unspecified atom stereocenters. The normalized spacial score (nSPS) is 20.1. The average molecular weight is 473 g/mol. The van der Waals surface area contributed by atoms with Crippen molar-refractivity contribution in [2.75, 3.05) is 13.1 Å². The minimum atomic E-state index is -4.70. The summed E-state index contributed by atoms with van der Waals surface area (Å²) in [6.07, 6.45) is -0.977. The third-order valence-electron chi connectivity index (χ3n) is 6.53. The van der Waals surface area contributed by atoms with E-state index >= 15 is 0 Å². The van der Waals surface area contributed by atoms with E-state index in [1.807, 2.05) is 12.1 Å². The summed E-state index contributed by atoms with van der Waals surface area (Å²) in [6, 6.07) is 8.39. The van der Waals surface area contributed by atoms with Gasteiger partial charge in [-0.3, -0.25) is 9.78 Å². The number of hydrazone groups is 1. The van der Waals surface area contributed by atoms with Crippen LogP contribution in [0.2, 0.25) is 0 Å². The number of halogens is 4. The largest absolute Gasteiger partial charge is 0.411 e. The molecule has 1 aromatic carbocycles. The lowest BCUT2D eigenvalue weighted by Gasteiger charge is -2.40. The van der Waals surface area contributed by atoms with E-state index in [1.54, 1.807) is 17.0 Å². The van der Waals surface area contributed by atoms with E-state index in [0.29, 0.717) is 23.7 Å². The summed E-state index contributed by atoms with van der Waals surface area (Å²) in [5.74, 6) is -1.95. The van der Waals surface area contributed by atoms with Crippen LogP contribution in [-0.2, 0) is 6.42 Å². The zero-order valence-electron chi connectivity index (χ0n) is 18.5. The first kappa shape index (κ1) is 23.7. The maximum atomic E-state index is 14.0. The van der Waals surface area contributed by atoms with Gasteiger partial charge in [-0.15, -0.1) is 0 Å². The van der Waals surface area contributed by atoms with E-state index in [0.717, 1.165) is 43.3 Å². The Morgan fingerprint density at radius 1 is 1.21 bits per heavy atom. The minimum absolute atomic E-state index is 0.0527. The first-order valence-corrected chi connectivity index (χ1v) is 10.9. The molecule has 1 atom stereocenters. The van der Waals surface area contributed by atoms with Crippen LogP contribution in [0.4, 0.5) is 17.6 Å². The quantitative estimate of drug-likeness (QED) is 0.615. The standard InChI is InChI=1S/C24H23F4N5O/c1-23(13-16-2-4-17(14-29)5-3-16)7-10-32(11-8-23)21-12-20(24(26,27)28)33(31-21)22(34)18-6-9-30-15-19(18)25/h2-6,9,15,20H,7-8,10-13H2,1H3. The summed E-state index contributed by atoms with van der Waals surface area (Å²) >= 11 is 0. The maximum absolute atomic E-state index is 14.0. The number of benzene rings is 1. The van der Waals surface area contributed by atoms with Crippen molar-refractivity contribution in [3.63, 3.8) is 0 Å². The fourth-order valence-corrected chi connectivity index (χ4v) is 4.47. The predicted molar refractivity (Wildman–Crippen MR) is 116 cm³/mol. The number of hydrogen-bond acceptors (Lipinski definition) is 5. The summed E-state index contributed by atoms with van der Waals surface area (Å²) in [4.78, 5) is 18.0. The molecule has 4 rings (SSSR count). The zero-order valence-corrected chi connectivity index (χ0v) is 18.5. The topological polar surface area (TPSA) is 72.6 Å². The van der Waals surface area contributed by atoms with Gasteiger partial charge in [-0.2, -0.15) is 23.5 Å². The highest BCUT2D eigenvalue weighted by molar-refractivity contribution is 5.97. The average Bonchev–Trinajstić information content (AvgIpc) is 3.26. The number of amidine groups is 1. The molecule has 1 aromatic heterocycles. The zero-order chi connectivity index (χ0) is 24.5. The maximum Gasteiger partial charge on any atom is 0.411 e. The lowest BCUT2D eigenvalue weighted by Crippen LogP contribution is -2.45. The SMILES string of the molecule is CC1(Cc2ccc(C#N)cc2)CCN(C2=NN(C(=O)c3ccncc3F)C(C(F)(F)F)C2)CC1. The highest BCUT2D eigenvalue weighted by Crippen LogP contribution is 2.38. The molecule has 1 amide bonds. The summed E-state index contributed by atoms with van der Waals surface area (Å²) in [5, 5.41) is 13.3. The van der Waals surface area contributed by atoms with Gasteiger partial charge in [0.15, 0.2) is 11.9 Å². The highest BCUT2D eigenvalue weighted by Gasteiger charge is 2.51. The number of carbonyl (C=O) groups is 1. The second-order valence-corrected chi connectivity index (χ2v) is 9.07. The summed E-state index contributed by atoms with van der Waals surface area (Å²) in [7, 11) is 0. The molecular formula is C24H23F4N5O. The van der Waals surface area contributed by atoms with Crippen LogP contribution in [0.3, 0.4) is 0 Å². The summed E-state index contributed by atoms with van der Waals surface area (Å²) in [5.41, 5.74) is 1.14. The molecule has 34 heavy (non-hydrogen) atoms. The Kier molecular flexibility index (Phi) is 6.30. The lowest BCUT2D eigenvalue weighted by atomic mass is 9.75. The molecule has 10 heteroatoms. The molecule has 2 aromatic rings. The molecule has 0 N–H and O–H groups in total. The van der Waals surface area contributed by atoms with Gasteiger partial charge in [0.1, 0.15) is 5.84 Å². The van der Waals surface area contributed by atoms with Crippen molar-refractivity contribution in [1.29, 1.82) is 5.26 Å². The molecule has 0 radical (unpaired) electrons. The van der Waals surface area contributed by atoms with Crippen molar-refractivity contribution in [3.8, 4) is 6.07 Å². The molecule has 3 heterocycles. The third kappa shape index (κ3) is 4.88. The van der Waals surface area contributed by atoms with Crippen molar-refractivity contribution in [3.05, 3.63) is 65.2 Å². The first-order valence-electron chi connectivity index (χ1n) is 10.9. The van der Waals surface area contributed by atoms with Crippen LogP contribution in [0.5, 0.6) is 0 Å². The van der Waals surface area contributed by atoms with Crippen molar-refractivity contribution in [2.24, 2.45) is 10.5 Å². The number of likely N-dealkylation sites (tertiary alicyclic amines) is 1. The number of nitrogens with zero attached hydrogens (tertiary/aromatic N) is 5. The number of rotatable bonds is 3. The van der Waals surface area contributed by atoms with E-state index in [2.05, 4.69) is 23.1 Å². The molecule has 0 aliphatic carbocycles. The van der Waals surface area contributed by atoms with E-state index in [1.165, 1.54) is 0 Å². The molecule has 178 valence electrons. The highest BCUT2D eigenvalue weighted by atomic mass is 19.4. The third-order valence-corrected chi connectivity index (χ3v) is 6.53. The molecule has 2 aliphatic heterocycles. The van der Waals surface area contributed by atoms with Crippen LogP contribution in [0.15, 0.2) is 47.8 Å². The Labute approximate surface area is 194 Å². The monoisotopic (exact) mass is 473 g/mol. The Balaban J connectivity index is 1.47. The number of piperidine rings is 1. The molecule has 0 spiro atoms. The van der Waals surface area contributed by atoms with Gasteiger partial charge >= 0.3 is 6.18 Å². The van der Waals surface area contributed by atoms with Crippen molar-refractivity contribution in [2.45, 2.75) is 44.8 Å². The van der Waals surface area contributed by atoms with E-state index in [9.17, 15) is 22.4 Å². The number of aromatic nitrogens is 1. The molecule has 0 bridgehead atoms. The summed E-state index contributed by atoms with van der Waals surface area (Å²) in [6.45, 7) is 3.14. The number of hydrogen-bond donors (Lipinski definition) is 0. The number of amides is 1. The van der Waals surface area contributed by atoms with Gasteiger partial charge in [0.05, 0.1) is 23.4 Å². The first-order chi connectivity index (χ1) is 16.1. The second kappa shape index (κ2) is 9.05. The van der Waals surface area contributed by atoms with Crippen molar-refractivity contribution >= 4 is 11.7 Å². The summed E-state index contributed by atoms with van der Waals surface area (Å²) < 4.78 is 55.2. The Morgan fingerprint density at radius 2 is 1.88 bits per heavy atom. The van der Waals surface area contributed by atoms with Crippen LogP contribution in [-0.4, -0.2) is 51.9 Å². The van der Waals surface area contributed by atoms with Gasteiger partial charge in [-0.1, -0.05) is 19.1 Å². The van der Waals surface area contributed by atoms with Crippen molar-refractivity contribution < 1.29 is 22.4 Å². The smallest absolute Gasteiger partial charge is 0.358 e. The van der Waals surface area contributed by atoms with Gasteiger partial charge in [0.25, 0.3) is 5.91 Å². The van der Waals surface area contributed by atoms with Gasteiger partial charge in [0, 0.05) is 25.7 Å².